The number of ether oxygens (including phenoxy) is 1. The molecule has 0 unspecified atom stereocenters. The van der Waals surface area contributed by atoms with Crippen LogP contribution in [0.4, 0.5) is 0 Å². The van der Waals surface area contributed by atoms with Crippen molar-refractivity contribution in [3.8, 4) is 11.5 Å². The summed E-state index contributed by atoms with van der Waals surface area (Å²) in [4.78, 5) is 27.2. The van der Waals surface area contributed by atoms with Gasteiger partial charge in [0, 0.05) is 11.5 Å². The van der Waals surface area contributed by atoms with E-state index in [-0.39, 0.29) is 27.7 Å². The molecule has 1 aromatic heterocycles. The highest BCUT2D eigenvalue weighted by molar-refractivity contribution is 7.87. The van der Waals surface area contributed by atoms with E-state index >= 15 is 0 Å². The molecule has 0 saturated heterocycles. The van der Waals surface area contributed by atoms with E-state index in [4.69, 9.17) is 8.92 Å². The molecule has 0 saturated carbocycles. The Morgan fingerprint density at radius 3 is 2.33 bits per heavy atom. The summed E-state index contributed by atoms with van der Waals surface area (Å²) in [6, 6.07) is 11.0. The summed E-state index contributed by atoms with van der Waals surface area (Å²) in [5, 5.41) is 0. The van der Waals surface area contributed by atoms with E-state index in [2.05, 4.69) is 4.98 Å². The van der Waals surface area contributed by atoms with Crippen LogP contribution in [0.15, 0.2) is 52.2 Å². The van der Waals surface area contributed by atoms with Crippen LogP contribution in [-0.4, -0.2) is 26.3 Å². The van der Waals surface area contributed by atoms with Crippen LogP contribution in [0.3, 0.4) is 0 Å². The van der Waals surface area contributed by atoms with Gasteiger partial charge in [-0.05, 0) is 42.8 Å². The fraction of sp³-hybridized carbons (Fsp3) is 0.250. The molecular formula is C24H25NO6S2. The first kappa shape index (κ1) is 24.5. The number of Topliss-reactive ketones (excluding diaryl/α,β-unsaturated/α-hetero) is 1. The zero-order valence-corrected chi connectivity index (χ0v) is 20.6. The minimum absolute atomic E-state index is 0.0279. The minimum Gasteiger partial charge on any atom is -0.493 e. The van der Waals surface area contributed by atoms with Crippen molar-refractivity contribution in [2.24, 2.45) is 5.41 Å². The maximum Gasteiger partial charge on any atom is 0.339 e. The number of hydrogen-bond acceptors (Lipinski definition) is 7. The van der Waals surface area contributed by atoms with Gasteiger partial charge in [-0.3, -0.25) is 9.59 Å². The van der Waals surface area contributed by atoms with Crippen LogP contribution in [0.25, 0.3) is 12.2 Å². The molecule has 1 N–H and O–H groups in total. The molecule has 3 aromatic rings. The Bertz CT molecular complexity index is 1460. The van der Waals surface area contributed by atoms with Crippen LogP contribution in [-0.2, 0) is 14.9 Å². The van der Waals surface area contributed by atoms with Gasteiger partial charge in [-0.25, -0.2) is 0 Å². The molecule has 0 aliphatic heterocycles. The van der Waals surface area contributed by atoms with Gasteiger partial charge in [-0.1, -0.05) is 44.5 Å². The van der Waals surface area contributed by atoms with Crippen molar-refractivity contribution in [1.29, 1.82) is 0 Å². The van der Waals surface area contributed by atoms with Gasteiger partial charge in [0.1, 0.15) is 4.90 Å². The molecule has 2 aromatic carbocycles. The summed E-state index contributed by atoms with van der Waals surface area (Å²) in [6.07, 6.45) is 3.06. The lowest BCUT2D eigenvalue weighted by Gasteiger charge is -2.12. The van der Waals surface area contributed by atoms with Crippen LogP contribution in [0, 0.1) is 12.3 Å². The SMILES string of the molecule is COc1cc(/C=c2/s/c(=C/C(=O)C(C)(C)C)[nH]c2=O)ccc1OS(=O)(=O)c1ccc(C)cc1. The first-order valence-electron chi connectivity index (χ1n) is 10.1. The Morgan fingerprint density at radius 1 is 1.06 bits per heavy atom. The van der Waals surface area contributed by atoms with Crippen molar-refractivity contribution >= 4 is 39.4 Å². The van der Waals surface area contributed by atoms with Gasteiger partial charge in [0.25, 0.3) is 5.56 Å². The molecular weight excluding hydrogens is 462 g/mol. The Labute approximate surface area is 196 Å². The third-order valence-electron chi connectivity index (χ3n) is 4.68. The highest BCUT2D eigenvalue weighted by atomic mass is 32.2. The number of methoxy groups -OCH3 is 1. The second-order valence-electron chi connectivity index (χ2n) is 8.45. The number of benzene rings is 2. The predicted molar refractivity (Wildman–Crippen MR) is 129 cm³/mol. The fourth-order valence-corrected chi connectivity index (χ4v) is 4.55. The predicted octanol–water partition coefficient (Wildman–Crippen LogP) is 2.75. The molecule has 0 aliphatic carbocycles. The van der Waals surface area contributed by atoms with Crippen molar-refractivity contribution in [3.63, 3.8) is 0 Å². The molecule has 0 aliphatic rings. The summed E-state index contributed by atoms with van der Waals surface area (Å²) < 4.78 is 36.7. The molecule has 174 valence electrons. The molecule has 0 amide bonds. The second-order valence-corrected chi connectivity index (χ2v) is 11.1. The number of carbonyl (C=O) groups excluding carboxylic acids is 1. The van der Waals surface area contributed by atoms with Crippen molar-refractivity contribution in [2.75, 3.05) is 7.11 Å². The Morgan fingerprint density at radius 2 is 1.73 bits per heavy atom. The molecule has 9 heteroatoms. The number of aromatic amines is 1. The summed E-state index contributed by atoms with van der Waals surface area (Å²) in [5.41, 5.74) is 0.660. The van der Waals surface area contributed by atoms with Gasteiger partial charge in [-0.15, -0.1) is 11.3 Å². The second kappa shape index (κ2) is 9.36. The van der Waals surface area contributed by atoms with E-state index in [9.17, 15) is 18.0 Å². The smallest absolute Gasteiger partial charge is 0.339 e. The zero-order chi connectivity index (χ0) is 24.4. The lowest BCUT2D eigenvalue weighted by molar-refractivity contribution is -0.119. The van der Waals surface area contributed by atoms with E-state index in [0.29, 0.717) is 14.8 Å². The number of aryl methyl sites for hydroxylation is 1. The van der Waals surface area contributed by atoms with Crippen molar-refractivity contribution in [2.45, 2.75) is 32.6 Å². The zero-order valence-electron chi connectivity index (χ0n) is 19.0. The summed E-state index contributed by atoms with van der Waals surface area (Å²) in [6.45, 7) is 7.27. The summed E-state index contributed by atoms with van der Waals surface area (Å²) in [7, 11) is -2.64. The molecule has 0 bridgehead atoms. The third kappa shape index (κ3) is 6.00. The third-order valence-corrected chi connectivity index (χ3v) is 6.89. The van der Waals surface area contributed by atoms with E-state index in [1.54, 1.807) is 51.1 Å². The van der Waals surface area contributed by atoms with Gasteiger partial charge < -0.3 is 13.9 Å². The van der Waals surface area contributed by atoms with Gasteiger partial charge >= 0.3 is 10.1 Å². The molecule has 0 atom stereocenters. The van der Waals surface area contributed by atoms with Crippen LogP contribution in [0.5, 0.6) is 11.5 Å². The number of thiazole rings is 1. The summed E-state index contributed by atoms with van der Waals surface area (Å²) >= 11 is 1.16. The number of ketones is 1. The standard InChI is InChI=1S/C24H25NO6S2/c1-15-6-9-17(10-7-15)33(28,29)31-18-11-8-16(12-19(18)30-5)13-20-23(27)25-22(32-20)14-21(26)24(2,3)4/h6-14H,1-5H3,(H,25,27)/b20-13+,22-14+. The van der Waals surface area contributed by atoms with Gasteiger partial charge in [0.2, 0.25) is 0 Å². The van der Waals surface area contributed by atoms with Crippen molar-refractivity contribution in [1.82, 2.24) is 4.98 Å². The molecule has 0 spiro atoms. The highest BCUT2D eigenvalue weighted by Crippen LogP contribution is 2.31. The maximum atomic E-state index is 12.6. The number of carbonyl (C=O) groups is 1. The fourth-order valence-electron chi connectivity index (χ4n) is 2.73. The molecule has 1 heterocycles. The Hall–Kier alpha value is -3.17. The maximum absolute atomic E-state index is 12.6. The van der Waals surface area contributed by atoms with Crippen molar-refractivity contribution in [3.05, 3.63) is 73.1 Å². The highest BCUT2D eigenvalue weighted by Gasteiger charge is 2.20. The van der Waals surface area contributed by atoms with Gasteiger partial charge in [-0.2, -0.15) is 8.42 Å². The van der Waals surface area contributed by atoms with Gasteiger partial charge in [0.05, 0.1) is 16.3 Å². The molecule has 0 radical (unpaired) electrons. The summed E-state index contributed by atoms with van der Waals surface area (Å²) in [5.74, 6) is 0.131. The quantitative estimate of drug-likeness (QED) is 0.537. The number of rotatable bonds is 6. The van der Waals surface area contributed by atoms with E-state index < -0.39 is 15.5 Å². The van der Waals surface area contributed by atoms with E-state index in [0.717, 1.165) is 16.9 Å². The van der Waals surface area contributed by atoms with E-state index in [1.807, 2.05) is 6.92 Å². The Balaban J connectivity index is 1.94. The van der Waals surface area contributed by atoms with Gasteiger partial charge in [0.15, 0.2) is 17.3 Å². The normalized spacial score (nSPS) is 13.2. The molecule has 3 rings (SSSR count). The number of nitrogens with one attached hydrogen (secondary N) is 1. The molecule has 7 nitrogen and oxygen atoms in total. The molecule has 33 heavy (non-hydrogen) atoms. The number of H-pyrrole nitrogens is 1. The van der Waals surface area contributed by atoms with Crippen LogP contribution >= 0.6 is 11.3 Å². The van der Waals surface area contributed by atoms with E-state index in [1.165, 1.54) is 31.4 Å². The topological polar surface area (TPSA) is 103 Å². The minimum atomic E-state index is -4.04. The largest absolute Gasteiger partial charge is 0.493 e. The first-order valence-corrected chi connectivity index (χ1v) is 12.3. The molecule has 0 fully saturated rings. The first-order chi connectivity index (χ1) is 15.4. The van der Waals surface area contributed by atoms with Crippen LogP contribution < -0.4 is 23.7 Å². The Kier molecular flexibility index (Phi) is 6.94. The van der Waals surface area contributed by atoms with Crippen LogP contribution in [0.2, 0.25) is 0 Å². The lowest BCUT2D eigenvalue weighted by Crippen LogP contribution is -2.22. The van der Waals surface area contributed by atoms with Crippen molar-refractivity contribution < 1.29 is 22.1 Å². The average Bonchev–Trinajstić information content (AvgIpc) is 3.07. The lowest BCUT2D eigenvalue weighted by atomic mass is 9.91. The average molecular weight is 488 g/mol. The van der Waals surface area contributed by atoms with Crippen LogP contribution in [0.1, 0.15) is 31.9 Å². The monoisotopic (exact) mass is 487 g/mol. The number of hydrogen-bond donors (Lipinski definition) is 1. The number of aromatic nitrogens is 1.